The molecule has 0 saturated carbocycles. The van der Waals surface area contributed by atoms with Crippen molar-refractivity contribution in [1.82, 2.24) is 0 Å². The fourth-order valence-electron chi connectivity index (χ4n) is 3.92. The minimum Gasteiger partial charge on any atom is -0.0619 e. The molecule has 0 aliphatic carbocycles. The van der Waals surface area contributed by atoms with Crippen LogP contribution in [0.2, 0.25) is 0 Å². The molecular formula is C33H69O6P. The van der Waals surface area contributed by atoms with Crippen molar-refractivity contribution in [3.8, 4) is 0 Å². The van der Waals surface area contributed by atoms with E-state index in [1.165, 1.54) is 0 Å². The van der Waals surface area contributed by atoms with Crippen LogP contribution in [0.25, 0.3) is 0 Å². The summed E-state index contributed by atoms with van der Waals surface area (Å²) in [6, 6.07) is 0. The average molecular weight is 593 g/mol. The van der Waals surface area contributed by atoms with E-state index in [1.54, 1.807) is 0 Å². The molecule has 0 heterocycles. The Kier molecular flexibility index (Phi) is 15.4. The number of esters is 1. The molecule has 40 heavy (non-hydrogen) atoms. The molecular weight excluding hydrogens is 523 g/mol. The molecule has 0 amide bonds. The molecule has 0 saturated heterocycles. The minimum absolute atomic E-state index is 0.0823. The predicted molar refractivity (Wildman–Crippen MR) is 173 cm³/mol. The number of ether oxygens (including phenoxy) is 5. The maximum atomic E-state index is 12.7. The summed E-state index contributed by atoms with van der Waals surface area (Å²) in [6.45, 7) is 38.6. The van der Waals surface area contributed by atoms with Crippen LogP contribution < -0.4 is 0 Å². The predicted octanol–water partition coefficient (Wildman–Crippen LogP) is 8.39. The first-order valence-electron chi connectivity index (χ1n) is 15.5. The molecule has 0 fully saturated rings. The summed E-state index contributed by atoms with van der Waals surface area (Å²) in [5.41, 5.74) is -0.747. The number of rotatable bonds is 19. The zero-order valence-corrected chi connectivity index (χ0v) is 30.6. The Morgan fingerprint density at radius 1 is 0.750 bits per heavy atom. The zero-order valence-electron chi connectivity index (χ0n) is 29.6. The van der Waals surface area contributed by atoms with Crippen molar-refractivity contribution < 1.29 is 28.5 Å². The van der Waals surface area contributed by atoms with Crippen LogP contribution in [0.3, 0.4) is 0 Å². The van der Waals surface area contributed by atoms with Crippen LogP contribution in [0, 0.1) is 22.7 Å². The van der Waals surface area contributed by atoms with Gasteiger partial charge in [0, 0.05) is 0 Å². The summed E-state index contributed by atoms with van der Waals surface area (Å²) in [4.78, 5) is 12.7. The first-order chi connectivity index (χ1) is 17.8. The van der Waals surface area contributed by atoms with Crippen LogP contribution in [0.1, 0.15) is 117 Å². The Morgan fingerprint density at radius 2 is 1.30 bits per heavy atom. The fraction of sp³-hybridized carbons (Fsp3) is 0.970. The van der Waals surface area contributed by atoms with Crippen LogP contribution in [0.15, 0.2) is 0 Å². The van der Waals surface area contributed by atoms with E-state index >= 15 is 0 Å². The first-order valence-corrected chi connectivity index (χ1v) is 18.7. The van der Waals surface area contributed by atoms with Gasteiger partial charge in [0.15, 0.2) is 0 Å². The number of hydrogen-bond acceptors (Lipinski definition) is 6. The molecule has 0 rings (SSSR count). The van der Waals surface area contributed by atoms with Gasteiger partial charge in [-0.15, -0.1) is 0 Å². The third-order valence-electron chi connectivity index (χ3n) is 8.76. The normalized spacial score (nSPS) is 15.6. The van der Waals surface area contributed by atoms with Gasteiger partial charge >= 0.3 is 210 Å². The van der Waals surface area contributed by atoms with Gasteiger partial charge in [-0.1, -0.05) is 34.6 Å². The number of hydrogen-bond donors (Lipinski definition) is 0. The molecule has 7 heteroatoms. The molecule has 0 aliphatic rings. The summed E-state index contributed by atoms with van der Waals surface area (Å²) in [7, 11) is -1.93. The van der Waals surface area contributed by atoms with Crippen molar-refractivity contribution in [2.45, 2.75) is 139 Å². The van der Waals surface area contributed by atoms with E-state index in [-0.39, 0.29) is 57.9 Å². The Bertz CT molecular complexity index is 747. The molecule has 242 valence electrons. The molecule has 0 aromatic rings. The molecule has 0 N–H and O–H groups in total. The van der Waals surface area contributed by atoms with Gasteiger partial charge in [0.1, 0.15) is 0 Å². The number of carbonyl (C=O) groups excluding carboxylic acids is 1. The van der Waals surface area contributed by atoms with Gasteiger partial charge in [0.05, 0.1) is 0 Å². The molecule has 0 spiro atoms. The van der Waals surface area contributed by atoms with E-state index < -0.39 is 7.26 Å². The molecule has 0 aromatic carbocycles. The maximum absolute atomic E-state index is 12.7. The number of carbonyl (C=O) groups is 1. The SMILES string of the molecule is CC(C)OCC(C)(C)C(C)(C)OC[PH](C)(C)C(C)(C)OCCC(C)(C)OCCOC(=O)C(CC(C)(C)C)C(C)C. The van der Waals surface area contributed by atoms with Gasteiger partial charge in [-0.25, -0.2) is 0 Å². The molecule has 0 aromatic heterocycles. The Labute approximate surface area is 249 Å². The molecule has 6 nitrogen and oxygen atoms in total. The van der Waals surface area contributed by atoms with Crippen molar-refractivity contribution in [3.63, 3.8) is 0 Å². The first kappa shape index (κ1) is 39.7. The summed E-state index contributed by atoms with van der Waals surface area (Å²) < 4.78 is 30.7. The Balaban J connectivity index is 4.78. The van der Waals surface area contributed by atoms with Gasteiger partial charge < -0.3 is 0 Å². The summed E-state index contributed by atoms with van der Waals surface area (Å²) in [5, 5.41) is -0.272. The van der Waals surface area contributed by atoms with Crippen molar-refractivity contribution >= 4 is 13.2 Å². The standard InChI is InChI=1S/C33H69O6P/c1-25(2)27(22-29(5,6)7)28(34)35-20-21-37-31(10,11)18-19-38-33(14,15)40(16,17)24-39-32(12,13)30(8,9)23-36-26(3)4/h25-27,40H,18-24H2,1-17H3. The minimum atomic E-state index is -1.93. The summed E-state index contributed by atoms with van der Waals surface area (Å²) >= 11 is 0. The van der Waals surface area contributed by atoms with E-state index in [1.807, 2.05) is 0 Å². The quantitative estimate of drug-likeness (QED) is 0.0853. The monoisotopic (exact) mass is 592 g/mol. The van der Waals surface area contributed by atoms with Crippen LogP contribution in [-0.4, -0.2) is 74.7 Å². The summed E-state index contributed by atoms with van der Waals surface area (Å²) in [6.07, 6.45) is 2.47. The van der Waals surface area contributed by atoms with Gasteiger partial charge in [0.2, 0.25) is 0 Å². The van der Waals surface area contributed by atoms with E-state index in [0.717, 1.165) is 12.8 Å². The van der Waals surface area contributed by atoms with Crippen LogP contribution in [0.5, 0.6) is 0 Å². The van der Waals surface area contributed by atoms with Gasteiger partial charge in [0.25, 0.3) is 0 Å². The molecule has 1 atom stereocenters. The molecule has 0 radical (unpaired) electrons. The topological polar surface area (TPSA) is 63.2 Å². The molecule has 0 bridgehead atoms. The fourth-order valence-corrected chi connectivity index (χ4v) is 5.48. The van der Waals surface area contributed by atoms with Crippen molar-refractivity contribution in [2.75, 3.05) is 46.1 Å². The van der Waals surface area contributed by atoms with Gasteiger partial charge in [-0.2, -0.15) is 0 Å². The zero-order chi connectivity index (χ0) is 31.8. The van der Waals surface area contributed by atoms with Gasteiger partial charge in [-0.3, -0.25) is 0 Å². The summed E-state index contributed by atoms with van der Waals surface area (Å²) in [5.74, 6) is 0.0363. The van der Waals surface area contributed by atoms with Crippen LogP contribution in [-0.2, 0) is 28.5 Å². The molecule has 1 unspecified atom stereocenters. The second-order valence-corrected chi connectivity index (χ2v) is 21.7. The second kappa shape index (κ2) is 15.5. The van der Waals surface area contributed by atoms with Crippen LogP contribution in [0.4, 0.5) is 0 Å². The smallest absolute Gasteiger partial charge is 0.0619 e. The Morgan fingerprint density at radius 3 is 1.77 bits per heavy atom. The van der Waals surface area contributed by atoms with E-state index in [2.05, 4.69) is 117 Å². The molecule has 0 aliphatic heterocycles. The third-order valence-corrected chi connectivity index (χ3v) is 13.0. The van der Waals surface area contributed by atoms with Crippen molar-refractivity contribution in [2.24, 2.45) is 22.7 Å². The second-order valence-electron chi connectivity index (χ2n) is 16.4. The van der Waals surface area contributed by atoms with Crippen molar-refractivity contribution in [1.29, 1.82) is 0 Å². The Hall–Kier alpha value is -0.260. The van der Waals surface area contributed by atoms with E-state index in [0.29, 0.717) is 26.2 Å². The van der Waals surface area contributed by atoms with Crippen LogP contribution >= 0.6 is 7.26 Å². The van der Waals surface area contributed by atoms with Gasteiger partial charge in [-0.05, 0) is 5.41 Å². The van der Waals surface area contributed by atoms with E-state index in [9.17, 15) is 4.79 Å². The van der Waals surface area contributed by atoms with Crippen molar-refractivity contribution in [3.05, 3.63) is 0 Å². The third kappa shape index (κ3) is 14.3. The average Bonchev–Trinajstić information content (AvgIpc) is 2.76. The van der Waals surface area contributed by atoms with E-state index in [4.69, 9.17) is 23.7 Å².